The molecule has 94 valence electrons. The summed E-state index contributed by atoms with van der Waals surface area (Å²) in [7, 11) is 0. The Morgan fingerprint density at radius 1 is 1.31 bits per heavy atom. The molecule has 1 N–H and O–H groups in total. The fourth-order valence-electron chi connectivity index (χ4n) is 3.32. The molecule has 0 radical (unpaired) electrons. The van der Waals surface area contributed by atoms with Crippen LogP contribution in [0.1, 0.15) is 52.4 Å². The zero-order valence-electron chi connectivity index (χ0n) is 11.1. The molecule has 0 spiro atoms. The van der Waals surface area contributed by atoms with Crippen molar-refractivity contribution in [3.8, 4) is 0 Å². The van der Waals surface area contributed by atoms with Gasteiger partial charge >= 0.3 is 0 Å². The SMILES string of the molecule is CCCC1(CN2CCCC(NCC)C2)CC1. The average molecular weight is 224 g/mol. The van der Waals surface area contributed by atoms with E-state index in [-0.39, 0.29) is 0 Å². The fraction of sp³-hybridized carbons (Fsp3) is 1.00. The Hall–Kier alpha value is -0.0800. The van der Waals surface area contributed by atoms with E-state index in [2.05, 4.69) is 24.1 Å². The van der Waals surface area contributed by atoms with Crippen LogP contribution >= 0.6 is 0 Å². The van der Waals surface area contributed by atoms with Crippen LogP contribution in [-0.4, -0.2) is 37.1 Å². The summed E-state index contributed by atoms with van der Waals surface area (Å²) in [5.41, 5.74) is 0.739. The first-order valence-electron chi connectivity index (χ1n) is 7.24. The summed E-state index contributed by atoms with van der Waals surface area (Å²) in [4.78, 5) is 2.72. The number of nitrogens with zero attached hydrogens (tertiary/aromatic N) is 1. The molecule has 2 aliphatic rings. The topological polar surface area (TPSA) is 15.3 Å². The molecular weight excluding hydrogens is 196 g/mol. The van der Waals surface area contributed by atoms with Crippen molar-refractivity contribution < 1.29 is 0 Å². The number of nitrogens with one attached hydrogen (secondary N) is 1. The van der Waals surface area contributed by atoms with E-state index in [1.807, 2.05) is 0 Å². The second kappa shape index (κ2) is 5.50. The molecular formula is C14H28N2. The van der Waals surface area contributed by atoms with E-state index in [1.54, 1.807) is 0 Å². The van der Waals surface area contributed by atoms with Crippen molar-refractivity contribution in [2.75, 3.05) is 26.2 Å². The molecule has 0 amide bonds. The monoisotopic (exact) mass is 224 g/mol. The average Bonchev–Trinajstić information content (AvgIpc) is 2.99. The molecule has 0 aromatic carbocycles. The molecule has 2 fully saturated rings. The molecule has 0 bridgehead atoms. The van der Waals surface area contributed by atoms with Crippen molar-refractivity contribution in [3.05, 3.63) is 0 Å². The van der Waals surface area contributed by atoms with Crippen molar-refractivity contribution in [3.63, 3.8) is 0 Å². The minimum absolute atomic E-state index is 0.739. The van der Waals surface area contributed by atoms with Gasteiger partial charge in [-0.15, -0.1) is 0 Å². The number of likely N-dealkylation sites (N-methyl/N-ethyl adjacent to an activating group) is 1. The van der Waals surface area contributed by atoms with E-state index in [0.717, 1.165) is 18.0 Å². The van der Waals surface area contributed by atoms with E-state index in [9.17, 15) is 0 Å². The Kier molecular flexibility index (Phi) is 4.26. The van der Waals surface area contributed by atoms with Crippen LogP contribution in [-0.2, 0) is 0 Å². The highest BCUT2D eigenvalue weighted by Gasteiger charge is 2.43. The summed E-state index contributed by atoms with van der Waals surface area (Å²) < 4.78 is 0. The van der Waals surface area contributed by atoms with Gasteiger partial charge in [0.2, 0.25) is 0 Å². The van der Waals surface area contributed by atoms with Crippen LogP contribution in [0.15, 0.2) is 0 Å². The summed E-state index contributed by atoms with van der Waals surface area (Å²) in [5, 5.41) is 3.61. The Labute approximate surface area is 101 Å². The molecule has 16 heavy (non-hydrogen) atoms. The van der Waals surface area contributed by atoms with Gasteiger partial charge < -0.3 is 10.2 Å². The third-order valence-corrected chi connectivity index (χ3v) is 4.29. The highest BCUT2D eigenvalue weighted by molar-refractivity contribution is 4.96. The van der Waals surface area contributed by atoms with Gasteiger partial charge in [-0.3, -0.25) is 0 Å². The second-order valence-electron chi connectivity index (χ2n) is 5.88. The van der Waals surface area contributed by atoms with Crippen LogP contribution in [0.5, 0.6) is 0 Å². The van der Waals surface area contributed by atoms with E-state index < -0.39 is 0 Å². The Bertz CT molecular complexity index is 209. The predicted octanol–water partition coefficient (Wildman–Crippen LogP) is 2.64. The summed E-state index contributed by atoms with van der Waals surface area (Å²) in [6.07, 6.45) is 8.57. The fourth-order valence-corrected chi connectivity index (χ4v) is 3.32. The zero-order valence-corrected chi connectivity index (χ0v) is 11.1. The van der Waals surface area contributed by atoms with Gasteiger partial charge in [-0.2, -0.15) is 0 Å². The summed E-state index contributed by atoms with van der Waals surface area (Å²) in [6.45, 7) is 9.68. The largest absolute Gasteiger partial charge is 0.313 e. The van der Waals surface area contributed by atoms with Gasteiger partial charge in [-0.25, -0.2) is 0 Å². The molecule has 2 heteroatoms. The summed E-state index contributed by atoms with van der Waals surface area (Å²) >= 11 is 0. The molecule has 1 heterocycles. The summed E-state index contributed by atoms with van der Waals surface area (Å²) in [6, 6.07) is 0.760. The lowest BCUT2D eigenvalue weighted by Gasteiger charge is -2.35. The van der Waals surface area contributed by atoms with Crippen molar-refractivity contribution in [1.29, 1.82) is 0 Å². The Morgan fingerprint density at radius 3 is 2.75 bits per heavy atom. The minimum atomic E-state index is 0.739. The molecule has 1 aliphatic carbocycles. The predicted molar refractivity (Wildman–Crippen MR) is 69.7 cm³/mol. The lowest BCUT2D eigenvalue weighted by atomic mass is 9.97. The first kappa shape index (κ1) is 12.4. The zero-order chi connectivity index (χ0) is 11.4. The van der Waals surface area contributed by atoms with Crippen LogP contribution < -0.4 is 5.32 Å². The third-order valence-electron chi connectivity index (χ3n) is 4.29. The summed E-state index contributed by atoms with van der Waals surface area (Å²) in [5.74, 6) is 0. The lowest BCUT2D eigenvalue weighted by Crippen LogP contribution is -2.47. The Morgan fingerprint density at radius 2 is 2.12 bits per heavy atom. The molecule has 1 aliphatic heterocycles. The number of hydrogen-bond donors (Lipinski definition) is 1. The van der Waals surface area contributed by atoms with Crippen molar-refractivity contribution >= 4 is 0 Å². The van der Waals surface area contributed by atoms with Crippen LogP contribution in [0.4, 0.5) is 0 Å². The van der Waals surface area contributed by atoms with Crippen molar-refractivity contribution in [2.45, 2.75) is 58.4 Å². The van der Waals surface area contributed by atoms with Crippen LogP contribution in [0.2, 0.25) is 0 Å². The van der Waals surface area contributed by atoms with Gasteiger partial charge in [0.05, 0.1) is 0 Å². The van der Waals surface area contributed by atoms with Crippen molar-refractivity contribution in [1.82, 2.24) is 10.2 Å². The maximum absolute atomic E-state index is 3.61. The molecule has 1 atom stereocenters. The number of likely N-dealkylation sites (tertiary alicyclic amines) is 1. The quantitative estimate of drug-likeness (QED) is 0.746. The van der Waals surface area contributed by atoms with E-state index >= 15 is 0 Å². The van der Waals surface area contributed by atoms with Crippen LogP contribution in [0.3, 0.4) is 0 Å². The van der Waals surface area contributed by atoms with Crippen LogP contribution in [0, 0.1) is 5.41 Å². The van der Waals surface area contributed by atoms with Gasteiger partial charge in [-0.05, 0) is 50.6 Å². The number of rotatable bonds is 6. The van der Waals surface area contributed by atoms with E-state index in [1.165, 1.54) is 58.2 Å². The lowest BCUT2D eigenvalue weighted by molar-refractivity contribution is 0.154. The highest BCUT2D eigenvalue weighted by atomic mass is 15.2. The molecule has 1 saturated carbocycles. The van der Waals surface area contributed by atoms with E-state index in [4.69, 9.17) is 0 Å². The number of piperidine rings is 1. The molecule has 1 unspecified atom stereocenters. The van der Waals surface area contributed by atoms with Gasteiger partial charge in [-0.1, -0.05) is 20.3 Å². The first-order chi connectivity index (χ1) is 7.78. The van der Waals surface area contributed by atoms with Crippen LogP contribution in [0.25, 0.3) is 0 Å². The molecule has 2 nitrogen and oxygen atoms in total. The first-order valence-corrected chi connectivity index (χ1v) is 7.24. The molecule has 0 aromatic rings. The molecule has 2 rings (SSSR count). The minimum Gasteiger partial charge on any atom is -0.313 e. The van der Waals surface area contributed by atoms with Gasteiger partial charge in [0.25, 0.3) is 0 Å². The third kappa shape index (κ3) is 3.21. The van der Waals surface area contributed by atoms with Gasteiger partial charge in [0.1, 0.15) is 0 Å². The molecule has 0 aromatic heterocycles. The maximum atomic E-state index is 3.61. The highest BCUT2D eigenvalue weighted by Crippen LogP contribution is 2.50. The second-order valence-corrected chi connectivity index (χ2v) is 5.88. The normalized spacial score (nSPS) is 29.2. The van der Waals surface area contributed by atoms with E-state index in [0.29, 0.717) is 0 Å². The van der Waals surface area contributed by atoms with Crippen molar-refractivity contribution in [2.24, 2.45) is 5.41 Å². The maximum Gasteiger partial charge on any atom is 0.0195 e. The molecule has 1 saturated heterocycles. The number of hydrogen-bond acceptors (Lipinski definition) is 2. The van der Waals surface area contributed by atoms with Gasteiger partial charge in [0, 0.05) is 19.1 Å². The Balaban J connectivity index is 1.76. The smallest absolute Gasteiger partial charge is 0.0195 e. The van der Waals surface area contributed by atoms with Gasteiger partial charge in [0.15, 0.2) is 0 Å². The standard InChI is InChI=1S/C14H28N2/c1-3-7-14(8-9-14)12-16-10-5-6-13(11-16)15-4-2/h13,15H,3-12H2,1-2H3.